The summed E-state index contributed by atoms with van der Waals surface area (Å²) in [7, 11) is 0. The van der Waals surface area contributed by atoms with Gasteiger partial charge in [0.25, 0.3) is 0 Å². The summed E-state index contributed by atoms with van der Waals surface area (Å²) in [6, 6.07) is 6.83. The van der Waals surface area contributed by atoms with Gasteiger partial charge in [-0.1, -0.05) is 0 Å². The zero-order valence-corrected chi connectivity index (χ0v) is 10.1. The number of nitriles is 2. The summed E-state index contributed by atoms with van der Waals surface area (Å²) >= 11 is 0. The van der Waals surface area contributed by atoms with Crippen molar-refractivity contribution < 1.29 is 13.9 Å². The van der Waals surface area contributed by atoms with Crippen molar-refractivity contribution in [2.75, 3.05) is 11.9 Å². The summed E-state index contributed by atoms with van der Waals surface area (Å²) in [5.41, 5.74) is 0.126. The van der Waals surface area contributed by atoms with Crippen LogP contribution < -0.4 is 5.32 Å². The van der Waals surface area contributed by atoms with Crippen LogP contribution in [0, 0.1) is 28.5 Å². The first-order chi connectivity index (χ1) is 9.10. The van der Waals surface area contributed by atoms with Crippen LogP contribution in [0.15, 0.2) is 30.0 Å². The molecule has 0 aliphatic carbocycles. The highest BCUT2D eigenvalue weighted by molar-refractivity contribution is 5.90. The highest BCUT2D eigenvalue weighted by Crippen LogP contribution is 2.15. The number of esters is 1. The molecule has 5 nitrogen and oxygen atoms in total. The van der Waals surface area contributed by atoms with Crippen LogP contribution in [-0.2, 0) is 4.74 Å². The molecule has 6 heteroatoms. The van der Waals surface area contributed by atoms with Crippen LogP contribution >= 0.6 is 0 Å². The smallest absolute Gasteiger partial charge is 0.338 e. The minimum absolute atomic E-state index is 0.0493. The molecule has 0 atom stereocenters. The molecule has 0 saturated heterocycles. The molecule has 0 aromatic heterocycles. The molecule has 0 amide bonds. The molecule has 0 aliphatic heterocycles. The first-order valence-corrected chi connectivity index (χ1v) is 5.35. The van der Waals surface area contributed by atoms with Crippen molar-refractivity contribution in [3.63, 3.8) is 0 Å². The van der Waals surface area contributed by atoms with E-state index in [4.69, 9.17) is 15.3 Å². The van der Waals surface area contributed by atoms with Crippen molar-refractivity contribution >= 4 is 11.7 Å². The van der Waals surface area contributed by atoms with Crippen LogP contribution in [0.3, 0.4) is 0 Å². The van der Waals surface area contributed by atoms with E-state index in [0.717, 1.165) is 18.3 Å². The molecule has 1 rings (SSSR count). The van der Waals surface area contributed by atoms with Crippen molar-refractivity contribution in [1.29, 1.82) is 10.5 Å². The van der Waals surface area contributed by atoms with Gasteiger partial charge in [-0.15, -0.1) is 0 Å². The van der Waals surface area contributed by atoms with Crippen LogP contribution in [0.25, 0.3) is 0 Å². The van der Waals surface area contributed by atoms with E-state index in [-0.39, 0.29) is 23.4 Å². The molecule has 1 aromatic rings. The number of ether oxygens (including phenoxy) is 1. The number of rotatable bonds is 4. The molecule has 0 aliphatic rings. The van der Waals surface area contributed by atoms with Crippen LogP contribution in [-0.4, -0.2) is 12.6 Å². The fourth-order valence-corrected chi connectivity index (χ4v) is 1.25. The largest absolute Gasteiger partial charge is 0.462 e. The van der Waals surface area contributed by atoms with Crippen LogP contribution in [0.2, 0.25) is 0 Å². The maximum atomic E-state index is 13.3. The molecule has 0 fully saturated rings. The average molecular weight is 259 g/mol. The second-order valence-electron chi connectivity index (χ2n) is 3.38. The van der Waals surface area contributed by atoms with E-state index in [1.165, 1.54) is 6.07 Å². The number of nitrogens with zero attached hydrogens (tertiary/aromatic N) is 2. The van der Waals surface area contributed by atoms with Gasteiger partial charge in [-0.05, 0) is 25.1 Å². The van der Waals surface area contributed by atoms with Crippen molar-refractivity contribution in [3.05, 3.63) is 41.4 Å². The van der Waals surface area contributed by atoms with E-state index < -0.39 is 11.8 Å². The number of hydrogen-bond donors (Lipinski definition) is 1. The number of anilines is 1. The fraction of sp³-hybridized carbons (Fsp3) is 0.154. The molecule has 0 bridgehead atoms. The Bertz CT molecular complexity index is 581. The Hall–Kier alpha value is -2.86. The van der Waals surface area contributed by atoms with E-state index in [9.17, 15) is 9.18 Å². The third kappa shape index (κ3) is 4.14. The van der Waals surface area contributed by atoms with Gasteiger partial charge < -0.3 is 10.1 Å². The predicted octanol–water partition coefficient (Wildman–Crippen LogP) is 2.35. The lowest BCUT2D eigenvalue weighted by Crippen LogP contribution is -2.05. The maximum Gasteiger partial charge on any atom is 0.338 e. The Morgan fingerprint density at radius 2 is 2.11 bits per heavy atom. The quantitative estimate of drug-likeness (QED) is 0.662. The van der Waals surface area contributed by atoms with Gasteiger partial charge in [-0.25, -0.2) is 9.18 Å². The van der Waals surface area contributed by atoms with E-state index in [2.05, 4.69) is 5.32 Å². The molecule has 96 valence electrons. The molecule has 19 heavy (non-hydrogen) atoms. The second-order valence-corrected chi connectivity index (χ2v) is 3.38. The third-order valence-corrected chi connectivity index (χ3v) is 2.03. The zero-order chi connectivity index (χ0) is 14.3. The molecule has 0 radical (unpaired) electrons. The molecule has 1 aromatic carbocycles. The molecule has 1 N–H and O–H groups in total. The van der Waals surface area contributed by atoms with Crippen molar-refractivity contribution in [2.45, 2.75) is 6.92 Å². The Balaban J connectivity index is 2.98. The average Bonchev–Trinajstić information content (AvgIpc) is 2.39. The monoisotopic (exact) mass is 259 g/mol. The summed E-state index contributed by atoms with van der Waals surface area (Å²) in [5.74, 6) is -1.27. The minimum Gasteiger partial charge on any atom is -0.462 e. The van der Waals surface area contributed by atoms with E-state index >= 15 is 0 Å². The Kier molecular flexibility index (Phi) is 5.06. The number of carbonyl (C=O) groups excluding carboxylic acids is 1. The van der Waals surface area contributed by atoms with Gasteiger partial charge in [0.1, 0.15) is 23.5 Å². The van der Waals surface area contributed by atoms with Crippen molar-refractivity contribution in [3.8, 4) is 12.1 Å². The minimum atomic E-state index is -0.644. The molecule has 0 spiro atoms. The SMILES string of the molecule is CCOC(=O)c1cc(F)cc(NC=C(C#N)C#N)c1. The number of hydrogen-bond acceptors (Lipinski definition) is 5. The van der Waals surface area contributed by atoms with Crippen LogP contribution in [0.1, 0.15) is 17.3 Å². The molecule has 0 heterocycles. The van der Waals surface area contributed by atoms with Gasteiger partial charge in [0.15, 0.2) is 0 Å². The van der Waals surface area contributed by atoms with Gasteiger partial charge >= 0.3 is 5.97 Å². The van der Waals surface area contributed by atoms with Crippen LogP contribution in [0.5, 0.6) is 0 Å². The highest BCUT2D eigenvalue weighted by atomic mass is 19.1. The zero-order valence-electron chi connectivity index (χ0n) is 10.1. The van der Waals surface area contributed by atoms with Gasteiger partial charge in [-0.2, -0.15) is 10.5 Å². The first-order valence-electron chi connectivity index (χ1n) is 5.35. The summed E-state index contributed by atoms with van der Waals surface area (Å²) < 4.78 is 18.1. The van der Waals surface area contributed by atoms with Crippen molar-refractivity contribution in [2.24, 2.45) is 0 Å². The Morgan fingerprint density at radius 1 is 1.42 bits per heavy atom. The Morgan fingerprint density at radius 3 is 2.68 bits per heavy atom. The Labute approximate surface area is 109 Å². The number of carbonyl (C=O) groups is 1. The van der Waals surface area contributed by atoms with Gasteiger partial charge in [0.2, 0.25) is 0 Å². The molecular weight excluding hydrogens is 249 g/mol. The molecule has 0 unspecified atom stereocenters. The molecule has 0 saturated carbocycles. The lowest BCUT2D eigenvalue weighted by Gasteiger charge is -2.05. The third-order valence-electron chi connectivity index (χ3n) is 2.03. The topological polar surface area (TPSA) is 85.9 Å². The number of benzene rings is 1. The number of allylic oxidation sites excluding steroid dienone is 1. The van der Waals surface area contributed by atoms with Crippen LogP contribution in [0.4, 0.5) is 10.1 Å². The molecular formula is C13H10FN3O2. The highest BCUT2D eigenvalue weighted by Gasteiger charge is 2.09. The predicted molar refractivity (Wildman–Crippen MR) is 65.3 cm³/mol. The second kappa shape index (κ2) is 6.77. The lowest BCUT2D eigenvalue weighted by molar-refractivity contribution is 0.0526. The van der Waals surface area contributed by atoms with E-state index in [0.29, 0.717) is 0 Å². The normalized spacial score (nSPS) is 8.84. The maximum absolute atomic E-state index is 13.3. The van der Waals surface area contributed by atoms with E-state index in [1.807, 2.05) is 0 Å². The van der Waals surface area contributed by atoms with Gasteiger partial charge in [-0.3, -0.25) is 0 Å². The first kappa shape index (κ1) is 14.2. The number of halogens is 1. The van der Waals surface area contributed by atoms with Gasteiger partial charge in [0, 0.05) is 11.9 Å². The van der Waals surface area contributed by atoms with Crippen molar-refractivity contribution in [1.82, 2.24) is 0 Å². The number of nitrogens with one attached hydrogen (secondary N) is 1. The lowest BCUT2D eigenvalue weighted by atomic mass is 10.2. The summed E-state index contributed by atoms with van der Waals surface area (Å²) in [6.45, 7) is 1.83. The summed E-state index contributed by atoms with van der Waals surface area (Å²) in [5, 5.41) is 19.7. The summed E-state index contributed by atoms with van der Waals surface area (Å²) in [4.78, 5) is 11.5. The summed E-state index contributed by atoms with van der Waals surface area (Å²) in [6.07, 6.45) is 1.13. The standard InChI is InChI=1S/C13H10FN3O2/c1-2-19-13(18)10-3-11(14)5-12(4-10)17-8-9(6-15)7-16/h3-5,8,17H,2H2,1H3. The van der Waals surface area contributed by atoms with Gasteiger partial charge in [0.05, 0.1) is 12.2 Å². The van der Waals surface area contributed by atoms with E-state index in [1.54, 1.807) is 19.1 Å². The fourth-order valence-electron chi connectivity index (χ4n) is 1.25.